The maximum Gasteiger partial charge on any atom is 0.134 e. The van der Waals surface area contributed by atoms with Crippen LogP contribution in [0.3, 0.4) is 0 Å². The first kappa shape index (κ1) is 12.9. The van der Waals surface area contributed by atoms with E-state index in [9.17, 15) is 0 Å². The lowest BCUT2D eigenvalue weighted by Crippen LogP contribution is -2.23. The monoisotopic (exact) mass is 269 g/mol. The van der Waals surface area contributed by atoms with Gasteiger partial charge in [-0.05, 0) is 18.7 Å². The average molecular weight is 269 g/mol. The van der Waals surface area contributed by atoms with E-state index in [1.807, 2.05) is 42.4 Å². The Balaban J connectivity index is 1.93. The van der Waals surface area contributed by atoms with Crippen molar-refractivity contribution in [2.45, 2.75) is 19.4 Å². The fourth-order valence-electron chi connectivity index (χ4n) is 2.59. The summed E-state index contributed by atoms with van der Waals surface area (Å²) in [5.74, 6) is 0. The number of nitrogens with zero attached hydrogens (tertiary/aromatic N) is 2. The molecular weight excluding hydrogens is 250 g/mol. The Morgan fingerprint density at radius 1 is 1.30 bits per heavy atom. The molecule has 1 aromatic carbocycles. The van der Waals surface area contributed by atoms with E-state index in [0.717, 1.165) is 24.2 Å². The van der Waals surface area contributed by atoms with Crippen LogP contribution in [-0.2, 0) is 13.5 Å². The van der Waals surface area contributed by atoms with Crippen molar-refractivity contribution >= 4 is 11.0 Å². The van der Waals surface area contributed by atoms with Gasteiger partial charge in [-0.1, -0.05) is 25.1 Å². The Bertz CT molecular complexity index is 698. The van der Waals surface area contributed by atoms with Gasteiger partial charge < -0.3 is 9.73 Å². The van der Waals surface area contributed by atoms with Crippen molar-refractivity contribution < 1.29 is 4.42 Å². The third-order valence-corrected chi connectivity index (χ3v) is 3.52. The molecule has 3 rings (SSSR count). The predicted octanol–water partition coefficient (Wildman–Crippen LogP) is 3.06. The molecule has 0 fully saturated rings. The van der Waals surface area contributed by atoms with Crippen molar-refractivity contribution in [3.63, 3.8) is 0 Å². The first-order valence-electron chi connectivity index (χ1n) is 6.96. The number of benzene rings is 1. The highest BCUT2D eigenvalue weighted by molar-refractivity contribution is 5.81. The number of rotatable bonds is 5. The Morgan fingerprint density at radius 3 is 2.90 bits per heavy atom. The summed E-state index contributed by atoms with van der Waals surface area (Å²) in [6.45, 7) is 3.03. The standard InChI is InChI=1S/C16H19N3O/c1-3-17-15(10-12-8-9-19(2)18-12)14-11-20-16-7-5-4-6-13(14)16/h4-9,11,15,17H,3,10H2,1-2H3. The van der Waals surface area contributed by atoms with Crippen molar-refractivity contribution in [1.82, 2.24) is 15.1 Å². The van der Waals surface area contributed by atoms with Crippen LogP contribution in [0.25, 0.3) is 11.0 Å². The Kier molecular flexibility index (Phi) is 3.56. The highest BCUT2D eigenvalue weighted by atomic mass is 16.3. The molecule has 20 heavy (non-hydrogen) atoms. The summed E-state index contributed by atoms with van der Waals surface area (Å²) in [5.41, 5.74) is 3.23. The molecule has 2 heterocycles. The normalized spacial score (nSPS) is 12.9. The number of aromatic nitrogens is 2. The zero-order valence-electron chi connectivity index (χ0n) is 11.8. The highest BCUT2D eigenvalue weighted by Crippen LogP contribution is 2.28. The molecule has 0 aliphatic heterocycles. The third-order valence-electron chi connectivity index (χ3n) is 3.52. The van der Waals surface area contributed by atoms with E-state index >= 15 is 0 Å². The van der Waals surface area contributed by atoms with Crippen molar-refractivity contribution in [2.75, 3.05) is 6.54 Å². The van der Waals surface area contributed by atoms with Gasteiger partial charge in [-0.25, -0.2) is 0 Å². The van der Waals surface area contributed by atoms with Crippen LogP contribution < -0.4 is 5.32 Å². The quantitative estimate of drug-likeness (QED) is 0.774. The second-order valence-electron chi connectivity index (χ2n) is 4.98. The molecule has 1 unspecified atom stereocenters. The third kappa shape index (κ3) is 2.47. The molecule has 4 heteroatoms. The van der Waals surface area contributed by atoms with E-state index in [-0.39, 0.29) is 6.04 Å². The second-order valence-corrected chi connectivity index (χ2v) is 4.98. The second kappa shape index (κ2) is 5.51. The molecule has 1 N–H and O–H groups in total. The van der Waals surface area contributed by atoms with Gasteiger partial charge in [-0.2, -0.15) is 5.10 Å². The molecule has 0 spiro atoms. The van der Waals surface area contributed by atoms with E-state index in [1.165, 1.54) is 10.9 Å². The van der Waals surface area contributed by atoms with Crippen molar-refractivity contribution in [1.29, 1.82) is 0 Å². The minimum atomic E-state index is 0.221. The highest BCUT2D eigenvalue weighted by Gasteiger charge is 2.17. The van der Waals surface area contributed by atoms with Crippen LogP contribution in [0.1, 0.15) is 24.2 Å². The van der Waals surface area contributed by atoms with Crippen molar-refractivity contribution in [3.8, 4) is 0 Å². The number of likely N-dealkylation sites (N-methyl/N-ethyl adjacent to an activating group) is 1. The van der Waals surface area contributed by atoms with Crippen LogP contribution in [0.4, 0.5) is 0 Å². The van der Waals surface area contributed by atoms with Gasteiger partial charge in [0.05, 0.1) is 12.0 Å². The number of hydrogen-bond donors (Lipinski definition) is 1. The number of hydrogen-bond acceptors (Lipinski definition) is 3. The zero-order valence-corrected chi connectivity index (χ0v) is 11.8. The zero-order chi connectivity index (χ0) is 13.9. The summed E-state index contributed by atoms with van der Waals surface area (Å²) >= 11 is 0. The van der Waals surface area contributed by atoms with Crippen LogP contribution in [0.15, 0.2) is 47.2 Å². The number of aryl methyl sites for hydroxylation is 1. The van der Waals surface area contributed by atoms with E-state index in [2.05, 4.69) is 29.5 Å². The average Bonchev–Trinajstić information content (AvgIpc) is 3.04. The summed E-state index contributed by atoms with van der Waals surface area (Å²) < 4.78 is 7.49. The van der Waals surface area contributed by atoms with Crippen LogP contribution in [0, 0.1) is 0 Å². The SMILES string of the molecule is CCNC(Cc1ccn(C)n1)c1coc2ccccc12. The summed E-state index contributed by atoms with van der Waals surface area (Å²) in [6.07, 6.45) is 4.70. The lowest BCUT2D eigenvalue weighted by molar-refractivity contribution is 0.528. The molecule has 0 saturated carbocycles. The fraction of sp³-hybridized carbons (Fsp3) is 0.312. The minimum Gasteiger partial charge on any atom is -0.464 e. The van der Waals surface area contributed by atoms with Crippen LogP contribution in [0.5, 0.6) is 0 Å². The van der Waals surface area contributed by atoms with E-state index in [0.29, 0.717) is 0 Å². The van der Waals surface area contributed by atoms with Gasteiger partial charge in [0.15, 0.2) is 0 Å². The smallest absolute Gasteiger partial charge is 0.134 e. The maximum absolute atomic E-state index is 5.65. The molecule has 1 atom stereocenters. The fourth-order valence-corrected chi connectivity index (χ4v) is 2.59. The largest absolute Gasteiger partial charge is 0.464 e. The molecule has 0 aliphatic carbocycles. The van der Waals surface area contributed by atoms with Gasteiger partial charge in [-0.3, -0.25) is 4.68 Å². The van der Waals surface area contributed by atoms with Crippen molar-refractivity contribution in [2.24, 2.45) is 7.05 Å². The van der Waals surface area contributed by atoms with E-state index in [4.69, 9.17) is 4.42 Å². The van der Waals surface area contributed by atoms with Gasteiger partial charge in [0, 0.05) is 36.7 Å². The number of furan rings is 1. The lowest BCUT2D eigenvalue weighted by Gasteiger charge is -2.15. The van der Waals surface area contributed by atoms with Gasteiger partial charge >= 0.3 is 0 Å². The van der Waals surface area contributed by atoms with E-state index in [1.54, 1.807) is 0 Å². The summed E-state index contributed by atoms with van der Waals surface area (Å²) in [6, 6.07) is 10.4. The van der Waals surface area contributed by atoms with Gasteiger partial charge in [0.2, 0.25) is 0 Å². The molecule has 0 amide bonds. The molecule has 3 aromatic rings. The Hall–Kier alpha value is -2.07. The predicted molar refractivity (Wildman–Crippen MR) is 79.5 cm³/mol. The van der Waals surface area contributed by atoms with Gasteiger partial charge in [0.25, 0.3) is 0 Å². The minimum absolute atomic E-state index is 0.221. The molecule has 0 bridgehead atoms. The van der Waals surface area contributed by atoms with Crippen LogP contribution >= 0.6 is 0 Å². The Labute approximate surface area is 118 Å². The molecular formula is C16H19N3O. The lowest BCUT2D eigenvalue weighted by atomic mass is 10.0. The van der Waals surface area contributed by atoms with Crippen LogP contribution in [0.2, 0.25) is 0 Å². The molecule has 0 aliphatic rings. The molecule has 4 nitrogen and oxygen atoms in total. The van der Waals surface area contributed by atoms with E-state index < -0.39 is 0 Å². The maximum atomic E-state index is 5.65. The first-order chi connectivity index (χ1) is 9.78. The number of fused-ring (bicyclic) bond motifs is 1. The molecule has 0 radical (unpaired) electrons. The van der Waals surface area contributed by atoms with Crippen LogP contribution in [-0.4, -0.2) is 16.3 Å². The summed E-state index contributed by atoms with van der Waals surface area (Å²) in [4.78, 5) is 0. The first-order valence-corrected chi connectivity index (χ1v) is 6.96. The molecule has 104 valence electrons. The van der Waals surface area contributed by atoms with Gasteiger partial charge in [-0.15, -0.1) is 0 Å². The summed E-state index contributed by atoms with van der Waals surface area (Å²) in [5, 5.41) is 9.17. The number of nitrogens with one attached hydrogen (secondary N) is 1. The molecule has 0 saturated heterocycles. The van der Waals surface area contributed by atoms with Gasteiger partial charge in [0.1, 0.15) is 5.58 Å². The number of para-hydroxylation sites is 1. The topological polar surface area (TPSA) is 43.0 Å². The Morgan fingerprint density at radius 2 is 2.15 bits per heavy atom. The van der Waals surface area contributed by atoms with Crippen molar-refractivity contribution in [3.05, 3.63) is 54.0 Å². The summed E-state index contributed by atoms with van der Waals surface area (Å²) in [7, 11) is 1.94. The molecule has 2 aromatic heterocycles.